The first-order valence-electron chi connectivity index (χ1n) is 13.5. The molecule has 3 N–H and O–H groups in total. The van der Waals surface area contributed by atoms with Crippen LogP contribution in [0.1, 0.15) is 49.6 Å². The molecule has 0 bridgehead atoms. The molecule has 2 heterocycles. The van der Waals surface area contributed by atoms with Crippen molar-refractivity contribution in [2.75, 3.05) is 37.6 Å². The Bertz CT molecular complexity index is 1490. The van der Waals surface area contributed by atoms with Crippen LogP contribution in [-0.4, -0.2) is 66.5 Å². The van der Waals surface area contributed by atoms with E-state index in [9.17, 15) is 19.5 Å². The maximum absolute atomic E-state index is 14.2. The van der Waals surface area contributed by atoms with Crippen LogP contribution in [-0.2, 0) is 25.5 Å². The van der Waals surface area contributed by atoms with E-state index in [-0.39, 0.29) is 37.5 Å². The summed E-state index contributed by atoms with van der Waals surface area (Å²) in [7, 11) is 3.02. The minimum absolute atomic E-state index is 0.0821. The fourth-order valence-corrected chi connectivity index (χ4v) is 5.70. The smallest absolute Gasteiger partial charge is 0.303 e. The molecule has 4 rings (SSSR count). The number of carbonyl (C=O) groups is 3. The van der Waals surface area contributed by atoms with Crippen molar-refractivity contribution in [3.8, 4) is 11.5 Å². The summed E-state index contributed by atoms with van der Waals surface area (Å²) in [6, 6.07) is 10.4. The molecule has 0 fully saturated rings. The van der Waals surface area contributed by atoms with Gasteiger partial charge in [-0.25, -0.2) is 4.98 Å². The standard InChI is InChI=1S/C30H34ClN3O8S/c1-30(2,16-35)15-34-21-10-8-17(31)12-20(21)26(19-6-5-7-22(40-3)27(19)41-4)42-23(28(34)39)13-24(36)33-29-32-18(14-43-29)9-11-25(37)38/h5-8,10,12,14,23,26,35H,9,11,13,15-16H2,1-4H3,(H,37,38)(H,32,33,36)/t23-,26-/m1/s1. The van der Waals surface area contributed by atoms with Gasteiger partial charge in [-0.05, 0) is 24.3 Å². The molecule has 3 aromatic rings. The van der Waals surface area contributed by atoms with Crippen LogP contribution in [0, 0.1) is 5.41 Å². The van der Waals surface area contributed by atoms with Gasteiger partial charge in [0.05, 0.1) is 32.8 Å². The number of hydrogen-bond acceptors (Lipinski definition) is 9. The summed E-state index contributed by atoms with van der Waals surface area (Å²) in [4.78, 5) is 44.1. The maximum Gasteiger partial charge on any atom is 0.303 e. The average molecular weight is 632 g/mol. The molecule has 11 nitrogen and oxygen atoms in total. The van der Waals surface area contributed by atoms with Crippen molar-refractivity contribution in [2.45, 2.75) is 45.3 Å². The van der Waals surface area contributed by atoms with E-state index in [1.807, 2.05) is 13.8 Å². The molecule has 0 spiro atoms. The molecule has 0 aliphatic carbocycles. The van der Waals surface area contributed by atoms with Crippen LogP contribution < -0.4 is 19.7 Å². The Morgan fingerprint density at radius 3 is 2.63 bits per heavy atom. The number of nitrogens with zero attached hydrogens (tertiary/aromatic N) is 2. The SMILES string of the molecule is COc1cccc([C@H]2O[C@H](CC(=O)Nc3nc(CCC(=O)O)cs3)C(=O)N(CC(C)(C)CO)c3ccc(Cl)cc32)c1OC. The van der Waals surface area contributed by atoms with Crippen LogP contribution in [0.2, 0.25) is 5.02 Å². The molecular weight excluding hydrogens is 598 g/mol. The topological polar surface area (TPSA) is 148 Å². The van der Waals surface area contributed by atoms with Crippen LogP contribution in [0.3, 0.4) is 0 Å². The number of ether oxygens (including phenoxy) is 3. The molecule has 1 aromatic heterocycles. The summed E-state index contributed by atoms with van der Waals surface area (Å²) in [5.41, 5.74) is 1.53. The van der Waals surface area contributed by atoms with Gasteiger partial charge in [-0.15, -0.1) is 11.3 Å². The highest BCUT2D eigenvalue weighted by Gasteiger charge is 2.40. The number of thiazole rings is 1. The van der Waals surface area contributed by atoms with Crippen molar-refractivity contribution in [3.63, 3.8) is 0 Å². The highest BCUT2D eigenvalue weighted by atomic mass is 35.5. The Hall–Kier alpha value is -3.71. The maximum atomic E-state index is 14.2. The minimum Gasteiger partial charge on any atom is -0.493 e. The van der Waals surface area contributed by atoms with Gasteiger partial charge < -0.3 is 34.6 Å². The minimum atomic E-state index is -1.24. The van der Waals surface area contributed by atoms with Gasteiger partial charge in [-0.2, -0.15) is 0 Å². The number of benzene rings is 2. The van der Waals surface area contributed by atoms with E-state index in [4.69, 9.17) is 30.9 Å². The van der Waals surface area contributed by atoms with Gasteiger partial charge in [0.15, 0.2) is 16.6 Å². The number of nitrogens with one attached hydrogen (secondary N) is 1. The number of aryl methyl sites for hydroxylation is 1. The summed E-state index contributed by atoms with van der Waals surface area (Å²) >= 11 is 7.62. The van der Waals surface area contributed by atoms with Crippen LogP contribution in [0.15, 0.2) is 41.8 Å². The molecule has 2 amide bonds. The second kappa shape index (κ2) is 13.7. The summed E-state index contributed by atoms with van der Waals surface area (Å²) in [6.45, 7) is 3.61. The Labute approximate surface area is 258 Å². The molecule has 0 radical (unpaired) electrons. The zero-order chi connectivity index (χ0) is 31.3. The van der Waals surface area contributed by atoms with E-state index >= 15 is 0 Å². The number of fused-ring (bicyclic) bond motifs is 1. The molecule has 2 aromatic carbocycles. The zero-order valence-corrected chi connectivity index (χ0v) is 25.8. The summed E-state index contributed by atoms with van der Waals surface area (Å²) < 4.78 is 17.7. The Balaban J connectivity index is 1.74. The number of rotatable bonds is 12. The first-order chi connectivity index (χ1) is 20.5. The van der Waals surface area contributed by atoms with Gasteiger partial charge in [0.1, 0.15) is 12.2 Å². The number of methoxy groups -OCH3 is 2. The fourth-order valence-electron chi connectivity index (χ4n) is 4.76. The zero-order valence-electron chi connectivity index (χ0n) is 24.3. The Morgan fingerprint density at radius 2 is 1.95 bits per heavy atom. The summed E-state index contributed by atoms with van der Waals surface area (Å²) in [5, 5.41) is 24.1. The van der Waals surface area contributed by atoms with Gasteiger partial charge in [0, 0.05) is 52.2 Å². The first kappa shape index (κ1) is 32.2. The second-order valence-corrected chi connectivity index (χ2v) is 12.1. The third kappa shape index (κ3) is 7.63. The largest absolute Gasteiger partial charge is 0.493 e. The molecule has 43 heavy (non-hydrogen) atoms. The number of aliphatic hydroxyl groups is 1. The van der Waals surface area contributed by atoms with Crippen molar-refractivity contribution < 1.29 is 38.8 Å². The summed E-state index contributed by atoms with van der Waals surface area (Å²) in [5.74, 6) is -1.07. The third-order valence-corrected chi connectivity index (χ3v) is 7.94. The van der Waals surface area contributed by atoms with E-state index in [0.29, 0.717) is 39.0 Å². The number of carbonyl (C=O) groups excluding carboxylic acids is 2. The Kier molecular flexibility index (Phi) is 10.3. The van der Waals surface area contributed by atoms with Gasteiger partial charge >= 0.3 is 5.97 Å². The van der Waals surface area contributed by atoms with Crippen LogP contribution in [0.4, 0.5) is 10.8 Å². The number of aromatic nitrogens is 1. The van der Waals surface area contributed by atoms with E-state index in [1.54, 1.807) is 41.8 Å². The number of para-hydroxylation sites is 1. The van der Waals surface area contributed by atoms with E-state index in [2.05, 4.69) is 10.3 Å². The van der Waals surface area contributed by atoms with Crippen LogP contribution in [0.5, 0.6) is 11.5 Å². The lowest BCUT2D eigenvalue weighted by Gasteiger charge is -2.32. The number of anilines is 2. The number of carboxylic acids is 1. The number of aliphatic hydroxyl groups excluding tert-OH is 1. The highest BCUT2D eigenvalue weighted by molar-refractivity contribution is 7.13. The molecule has 230 valence electrons. The second-order valence-electron chi connectivity index (χ2n) is 10.8. The van der Waals surface area contributed by atoms with Crippen molar-refractivity contribution >= 4 is 51.5 Å². The van der Waals surface area contributed by atoms with Crippen molar-refractivity contribution in [2.24, 2.45) is 5.41 Å². The molecule has 0 saturated carbocycles. The average Bonchev–Trinajstić information content (AvgIpc) is 3.39. The number of aliphatic carboxylic acids is 1. The summed E-state index contributed by atoms with van der Waals surface area (Å²) in [6.07, 6.45) is -2.32. The molecule has 13 heteroatoms. The van der Waals surface area contributed by atoms with Gasteiger partial charge in [0.2, 0.25) is 5.91 Å². The number of amides is 2. The number of hydrogen-bond donors (Lipinski definition) is 3. The predicted molar refractivity (Wildman–Crippen MR) is 162 cm³/mol. The van der Waals surface area contributed by atoms with Crippen LogP contribution >= 0.6 is 22.9 Å². The van der Waals surface area contributed by atoms with Gasteiger partial charge in [-0.1, -0.05) is 37.6 Å². The van der Waals surface area contributed by atoms with E-state index in [0.717, 1.165) is 11.3 Å². The molecule has 1 aliphatic heterocycles. The van der Waals surface area contributed by atoms with E-state index < -0.39 is 35.4 Å². The molecule has 2 atom stereocenters. The number of halogens is 1. The molecule has 0 unspecified atom stereocenters. The van der Waals surface area contributed by atoms with Gasteiger partial charge in [0.25, 0.3) is 5.91 Å². The number of carboxylic acid groups (broad SMARTS) is 1. The first-order valence-corrected chi connectivity index (χ1v) is 14.8. The quantitative estimate of drug-likeness (QED) is 0.259. The lowest BCUT2D eigenvalue weighted by molar-refractivity contribution is -0.137. The van der Waals surface area contributed by atoms with Crippen LogP contribution in [0.25, 0.3) is 0 Å². The predicted octanol–water partition coefficient (Wildman–Crippen LogP) is 4.70. The van der Waals surface area contributed by atoms with Gasteiger partial charge in [-0.3, -0.25) is 14.4 Å². The monoisotopic (exact) mass is 631 g/mol. The molecular formula is C30H34ClN3O8S. The van der Waals surface area contributed by atoms with Crippen molar-refractivity contribution in [1.82, 2.24) is 4.98 Å². The van der Waals surface area contributed by atoms with Crippen molar-refractivity contribution in [1.29, 1.82) is 0 Å². The molecule has 0 saturated heterocycles. The molecule has 1 aliphatic rings. The third-order valence-electron chi connectivity index (χ3n) is 6.90. The van der Waals surface area contributed by atoms with E-state index in [1.165, 1.54) is 19.1 Å². The Morgan fingerprint density at radius 1 is 1.19 bits per heavy atom. The lowest BCUT2D eigenvalue weighted by Crippen LogP contribution is -2.46. The highest BCUT2D eigenvalue weighted by Crippen LogP contribution is 2.45. The van der Waals surface area contributed by atoms with Crippen molar-refractivity contribution in [3.05, 3.63) is 63.6 Å². The fraction of sp³-hybridized carbons (Fsp3) is 0.400. The normalized spacial score (nSPS) is 16.8. The lowest BCUT2D eigenvalue weighted by atomic mass is 9.92.